The molecule has 1 aliphatic carbocycles. The molecule has 5 rings (SSSR count). The molecule has 2 aromatic carbocycles. The number of thiophene rings is 1. The summed E-state index contributed by atoms with van der Waals surface area (Å²) < 4.78 is 43.1. The number of fused-ring (bicyclic) bond motifs is 1. The monoisotopic (exact) mass is 630 g/mol. The van der Waals surface area contributed by atoms with E-state index in [0.29, 0.717) is 17.5 Å². The average molecular weight is 632 g/mol. The molecule has 0 spiro atoms. The number of anilines is 1. The van der Waals surface area contributed by atoms with Gasteiger partial charge in [0.15, 0.2) is 0 Å². The van der Waals surface area contributed by atoms with Gasteiger partial charge in [-0.3, -0.25) is 4.79 Å². The third-order valence-electron chi connectivity index (χ3n) is 7.05. The highest BCUT2D eigenvalue weighted by Crippen LogP contribution is 2.50. The maximum absolute atomic E-state index is 14.4. The molecular formula is C27H20Cl3F3N2O4S. The van der Waals surface area contributed by atoms with E-state index >= 15 is 0 Å². The van der Waals surface area contributed by atoms with Gasteiger partial charge in [-0.05, 0) is 73.6 Å². The van der Waals surface area contributed by atoms with Crippen LogP contribution in [0.2, 0.25) is 15.1 Å². The second kappa shape index (κ2) is 10.6. The molecule has 2 heterocycles. The minimum atomic E-state index is -4.88. The number of benzene rings is 2. The number of amides is 1. The third-order valence-corrected chi connectivity index (χ3v) is 9.46. The number of halogens is 6. The second-order valence-corrected chi connectivity index (χ2v) is 11.9. The van der Waals surface area contributed by atoms with Gasteiger partial charge in [-0.15, -0.1) is 11.3 Å². The van der Waals surface area contributed by atoms with E-state index in [4.69, 9.17) is 39.6 Å². The molecule has 210 valence electrons. The van der Waals surface area contributed by atoms with E-state index in [-0.39, 0.29) is 42.5 Å². The SMILES string of the molecule is Cc1cc(C2=NOC(c3cc(Cl)c(Cl)c(Cl)c3)(C(F)(F)F)C2)ccc1C(=O)Nc1sc2c(c1C(=O)O)CCCC2. The third kappa shape index (κ3) is 4.95. The van der Waals surface area contributed by atoms with E-state index in [0.717, 1.165) is 41.8 Å². The summed E-state index contributed by atoms with van der Waals surface area (Å²) in [5, 5.41) is 16.1. The largest absolute Gasteiger partial charge is 0.478 e. The standard InChI is InChI=1S/C27H20Cl3F3N2O4S/c1-12-8-13(19-11-26(39-35-19,27(31,32)33)14-9-17(28)22(30)18(29)10-14)6-7-15(12)23(36)34-24-21(25(37)38)16-4-2-3-5-20(16)40-24/h6-10H,2-5,11H2,1H3,(H,34,36)(H,37,38). The lowest BCUT2D eigenvalue weighted by Gasteiger charge is -2.30. The van der Waals surface area contributed by atoms with Gasteiger partial charge in [0.25, 0.3) is 11.5 Å². The Morgan fingerprint density at radius 3 is 2.40 bits per heavy atom. The number of carbonyl (C=O) groups excluding carboxylic acids is 1. The van der Waals surface area contributed by atoms with Crippen LogP contribution in [0.1, 0.15) is 67.1 Å². The molecule has 40 heavy (non-hydrogen) atoms. The highest BCUT2D eigenvalue weighted by molar-refractivity contribution is 7.17. The lowest BCUT2D eigenvalue weighted by atomic mass is 9.86. The average Bonchev–Trinajstić information content (AvgIpc) is 3.49. The quantitative estimate of drug-likeness (QED) is 0.277. The number of carboxylic acids is 1. The van der Waals surface area contributed by atoms with Gasteiger partial charge in [-0.2, -0.15) is 13.2 Å². The zero-order chi connectivity index (χ0) is 29.0. The van der Waals surface area contributed by atoms with Crippen molar-refractivity contribution in [3.63, 3.8) is 0 Å². The molecule has 0 fully saturated rings. The Morgan fingerprint density at radius 1 is 1.10 bits per heavy atom. The summed E-state index contributed by atoms with van der Waals surface area (Å²) in [6.45, 7) is 1.63. The van der Waals surface area contributed by atoms with Gasteiger partial charge in [0.05, 0.1) is 26.3 Å². The Kier molecular flexibility index (Phi) is 7.58. The maximum atomic E-state index is 14.4. The van der Waals surface area contributed by atoms with Gasteiger partial charge >= 0.3 is 12.1 Å². The van der Waals surface area contributed by atoms with Gasteiger partial charge in [0.1, 0.15) is 5.00 Å². The van der Waals surface area contributed by atoms with Crippen molar-refractivity contribution in [1.82, 2.24) is 0 Å². The number of rotatable bonds is 5. The first kappa shape index (κ1) is 28.7. The summed E-state index contributed by atoms with van der Waals surface area (Å²) in [6.07, 6.45) is -2.29. The minimum Gasteiger partial charge on any atom is -0.478 e. The molecule has 1 aliphatic heterocycles. The molecule has 2 N–H and O–H groups in total. The van der Waals surface area contributed by atoms with Crippen LogP contribution in [0, 0.1) is 6.92 Å². The van der Waals surface area contributed by atoms with Crippen LogP contribution in [0.15, 0.2) is 35.5 Å². The van der Waals surface area contributed by atoms with E-state index in [1.165, 1.54) is 29.5 Å². The molecule has 0 saturated carbocycles. The van der Waals surface area contributed by atoms with E-state index in [1.807, 2.05) is 0 Å². The first-order valence-electron chi connectivity index (χ1n) is 12.1. The highest BCUT2D eigenvalue weighted by atomic mass is 35.5. The van der Waals surface area contributed by atoms with Crippen LogP contribution in [0.5, 0.6) is 0 Å². The zero-order valence-electron chi connectivity index (χ0n) is 20.7. The number of hydrogen-bond acceptors (Lipinski definition) is 5. The summed E-state index contributed by atoms with van der Waals surface area (Å²) in [5.74, 6) is -1.62. The highest BCUT2D eigenvalue weighted by Gasteiger charge is 2.62. The molecule has 6 nitrogen and oxygen atoms in total. The lowest BCUT2D eigenvalue weighted by molar-refractivity contribution is -0.275. The Balaban J connectivity index is 1.41. The Morgan fingerprint density at radius 2 is 1.77 bits per heavy atom. The van der Waals surface area contributed by atoms with Gasteiger partial charge in [0, 0.05) is 22.4 Å². The fourth-order valence-electron chi connectivity index (χ4n) is 5.00. The van der Waals surface area contributed by atoms with E-state index in [1.54, 1.807) is 6.92 Å². The number of hydrogen-bond donors (Lipinski definition) is 2. The summed E-state index contributed by atoms with van der Waals surface area (Å²) in [6, 6.07) is 6.56. The first-order chi connectivity index (χ1) is 18.8. The molecule has 0 radical (unpaired) electrons. The summed E-state index contributed by atoms with van der Waals surface area (Å²) >= 11 is 19.2. The normalized spacial score (nSPS) is 18.6. The molecule has 0 bridgehead atoms. The van der Waals surface area contributed by atoms with Crippen LogP contribution >= 0.6 is 46.1 Å². The number of aromatic carboxylic acids is 1. The number of alkyl halides is 3. The molecule has 2 aliphatic rings. The number of carbonyl (C=O) groups is 2. The van der Waals surface area contributed by atoms with Crippen LogP contribution in [-0.2, 0) is 23.3 Å². The van der Waals surface area contributed by atoms with Crippen LogP contribution in [0.25, 0.3) is 0 Å². The fraction of sp³-hybridized carbons (Fsp3) is 0.296. The molecule has 1 atom stereocenters. The van der Waals surface area contributed by atoms with Crippen LogP contribution in [0.4, 0.5) is 18.2 Å². The van der Waals surface area contributed by atoms with Crippen molar-refractivity contribution in [3.8, 4) is 0 Å². The first-order valence-corrected chi connectivity index (χ1v) is 14.0. The van der Waals surface area contributed by atoms with Crippen LogP contribution < -0.4 is 5.32 Å². The topological polar surface area (TPSA) is 88.0 Å². The van der Waals surface area contributed by atoms with Crippen molar-refractivity contribution in [2.24, 2.45) is 5.16 Å². The number of aryl methyl sites for hydroxylation is 2. The van der Waals surface area contributed by atoms with Gasteiger partial charge in [-0.1, -0.05) is 46.0 Å². The van der Waals surface area contributed by atoms with Crippen molar-refractivity contribution in [2.45, 2.75) is 50.8 Å². The molecule has 13 heteroatoms. The van der Waals surface area contributed by atoms with Crippen molar-refractivity contribution >= 4 is 68.7 Å². The Bertz CT molecular complexity index is 1560. The van der Waals surface area contributed by atoms with E-state index in [2.05, 4.69) is 10.5 Å². The Hall–Kier alpha value is -2.79. The van der Waals surface area contributed by atoms with Crippen LogP contribution in [-0.4, -0.2) is 28.9 Å². The van der Waals surface area contributed by atoms with E-state index in [9.17, 15) is 27.9 Å². The predicted octanol–water partition coefficient (Wildman–Crippen LogP) is 8.43. The summed E-state index contributed by atoms with van der Waals surface area (Å²) in [4.78, 5) is 31.1. The van der Waals surface area contributed by atoms with Gasteiger partial charge < -0.3 is 15.3 Å². The maximum Gasteiger partial charge on any atom is 0.435 e. The van der Waals surface area contributed by atoms with Crippen molar-refractivity contribution < 1.29 is 32.7 Å². The molecule has 0 saturated heterocycles. The molecule has 1 unspecified atom stereocenters. The van der Waals surface area contributed by atoms with Gasteiger partial charge in [-0.25, -0.2) is 4.79 Å². The summed E-state index contributed by atoms with van der Waals surface area (Å²) in [7, 11) is 0. The summed E-state index contributed by atoms with van der Waals surface area (Å²) in [5.41, 5.74) is -1.28. The smallest absolute Gasteiger partial charge is 0.435 e. The van der Waals surface area contributed by atoms with Crippen molar-refractivity contribution in [3.05, 3.63) is 83.7 Å². The lowest BCUT2D eigenvalue weighted by Crippen LogP contribution is -2.42. The van der Waals surface area contributed by atoms with Crippen molar-refractivity contribution in [1.29, 1.82) is 0 Å². The van der Waals surface area contributed by atoms with Crippen molar-refractivity contribution in [2.75, 3.05) is 5.32 Å². The zero-order valence-corrected chi connectivity index (χ0v) is 23.8. The predicted molar refractivity (Wildman–Crippen MR) is 148 cm³/mol. The number of nitrogens with zero attached hydrogens (tertiary/aromatic N) is 1. The Labute approximate surface area is 245 Å². The van der Waals surface area contributed by atoms with Crippen LogP contribution in [0.3, 0.4) is 0 Å². The van der Waals surface area contributed by atoms with Gasteiger partial charge in [0.2, 0.25) is 0 Å². The fourth-order valence-corrected chi connectivity index (χ4v) is 6.87. The number of nitrogens with one attached hydrogen (secondary N) is 1. The number of carboxylic acid groups (broad SMARTS) is 1. The molecular weight excluding hydrogens is 612 g/mol. The molecule has 1 amide bonds. The minimum absolute atomic E-state index is 0.00803. The second-order valence-electron chi connectivity index (χ2n) is 9.59. The van der Waals surface area contributed by atoms with E-state index < -0.39 is 30.1 Å². The number of oxime groups is 1. The molecule has 3 aromatic rings. The molecule has 1 aromatic heterocycles.